The van der Waals surface area contributed by atoms with Gasteiger partial charge in [-0.15, -0.1) is 0 Å². The van der Waals surface area contributed by atoms with Crippen LogP contribution in [0.2, 0.25) is 0 Å². The fourth-order valence-electron chi connectivity index (χ4n) is 1.24. The van der Waals surface area contributed by atoms with E-state index in [4.69, 9.17) is 5.26 Å². The van der Waals surface area contributed by atoms with Crippen LogP contribution < -0.4 is 5.32 Å². The second-order valence-corrected chi connectivity index (χ2v) is 5.53. The van der Waals surface area contributed by atoms with Crippen molar-refractivity contribution in [2.45, 2.75) is 45.2 Å². The zero-order valence-corrected chi connectivity index (χ0v) is 9.94. The van der Waals surface area contributed by atoms with Crippen molar-refractivity contribution in [3.8, 4) is 6.07 Å². The molecule has 1 fully saturated rings. The van der Waals surface area contributed by atoms with Crippen LogP contribution in [0, 0.1) is 17.2 Å². The van der Waals surface area contributed by atoms with Crippen molar-refractivity contribution >= 4 is 11.8 Å². The summed E-state index contributed by atoms with van der Waals surface area (Å²) < 4.78 is 0. The Morgan fingerprint density at radius 2 is 2.21 bits per heavy atom. The van der Waals surface area contributed by atoms with E-state index in [0.717, 1.165) is 18.1 Å². The Kier molecular flexibility index (Phi) is 5.36. The van der Waals surface area contributed by atoms with Gasteiger partial charge in [0.1, 0.15) is 0 Å². The first kappa shape index (κ1) is 11.9. The predicted octanol–water partition coefficient (Wildman–Crippen LogP) is 2.41. The predicted molar refractivity (Wildman–Crippen MR) is 62.3 cm³/mol. The van der Waals surface area contributed by atoms with Crippen LogP contribution in [-0.4, -0.2) is 23.6 Å². The molecule has 0 saturated heterocycles. The van der Waals surface area contributed by atoms with Crippen LogP contribution >= 0.6 is 11.8 Å². The highest BCUT2D eigenvalue weighted by Crippen LogP contribution is 2.20. The molecule has 0 aromatic rings. The first-order valence-corrected chi connectivity index (χ1v) is 6.61. The van der Waals surface area contributed by atoms with E-state index in [-0.39, 0.29) is 6.04 Å². The van der Waals surface area contributed by atoms with E-state index in [1.54, 1.807) is 0 Å². The van der Waals surface area contributed by atoms with Gasteiger partial charge in [-0.1, -0.05) is 13.8 Å². The van der Waals surface area contributed by atoms with E-state index >= 15 is 0 Å². The smallest absolute Gasteiger partial charge is 0.0963 e. The van der Waals surface area contributed by atoms with E-state index < -0.39 is 0 Å². The minimum absolute atomic E-state index is 0.0853. The molecular weight excluding hydrogens is 192 g/mol. The summed E-state index contributed by atoms with van der Waals surface area (Å²) in [6.45, 7) is 4.47. The molecule has 1 aliphatic rings. The average Bonchev–Trinajstić information content (AvgIpc) is 2.93. The summed E-state index contributed by atoms with van der Waals surface area (Å²) >= 11 is 1.96. The quantitative estimate of drug-likeness (QED) is 0.658. The molecule has 0 aromatic heterocycles. The van der Waals surface area contributed by atoms with Gasteiger partial charge in [0.15, 0.2) is 0 Å². The highest BCUT2D eigenvalue weighted by atomic mass is 32.2. The molecule has 1 aliphatic carbocycles. The van der Waals surface area contributed by atoms with Crippen LogP contribution in [0.3, 0.4) is 0 Å². The second kappa shape index (κ2) is 6.31. The van der Waals surface area contributed by atoms with Gasteiger partial charge in [-0.2, -0.15) is 17.0 Å². The van der Waals surface area contributed by atoms with Crippen LogP contribution in [0.5, 0.6) is 0 Å². The SMILES string of the molecule is CC(C)CSCCC(C#N)NC1CC1. The minimum atomic E-state index is 0.0853. The molecule has 1 atom stereocenters. The minimum Gasteiger partial charge on any atom is -0.299 e. The molecule has 80 valence electrons. The van der Waals surface area contributed by atoms with Gasteiger partial charge in [0.05, 0.1) is 12.1 Å². The lowest BCUT2D eigenvalue weighted by molar-refractivity contribution is 0.586. The van der Waals surface area contributed by atoms with Crippen molar-refractivity contribution in [1.29, 1.82) is 5.26 Å². The maximum absolute atomic E-state index is 8.89. The largest absolute Gasteiger partial charge is 0.299 e. The van der Waals surface area contributed by atoms with Crippen LogP contribution in [0.1, 0.15) is 33.1 Å². The fraction of sp³-hybridized carbons (Fsp3) is 0.909. The Hall–Kier alpha value is -0.200. The number of nitriles is 1. The van der Waals surface area contributed by atoms with Gasteiger partial charge >= 0.3 is 0 Å². The van der Waals surface area contributed by atoms with Crippen LogP contribution in [0.25, 0.3) is 0 Å². The van der Waals surface area contributed by atoms with Gasteiger partial charge < -0.3 is 0 Å². The normalized spacial score (nSPS) is 18.1. The lowest BCUT2D eigenvalue weighted by Gasteiger charge is -2.10. The Balaban J connectivity index is 1.99. The molecule has 14 heavy (non-hydrogen) atoms. The molecule has 0 aliphatic heterocycles. The van der Waals surface area contributed by atoms with Crippen molar-refractivity contribution in [3.63, 3.8) is 0 Å². The molecule has 1 N–H and O–H groups in total. The Labute approximate surface area is 91.4 Å². The molecule has 0 heterocycles. The number of nitrogens with zero attached hydrogens (tertiary/aromatic N) is 1. The van der Waals surface area contributed by atoms with E-state index in [0.29, 0.717) is 6.04 Å². The Bertz CT molecular complexity index is 194. The van der Waals surface area contributed by atoms with Crippen molar-refractivity contribution in [1.82, 2.24) is 5.32 Å². The number of thioether (sulfide) groups is 1. The summed E-state index contributed by atoms with van der Waals surface area (Å²) in [5.41, 5.74) is 0. The zero-order chi connectivity index (χ0) is 10.4. The van der Waals surface area contributed by atoms with Gasteiger partial charge in [-0.3, -0.25) is 5.32 Å². The third-order valence-corrected chi connectivity index (χ3v) is 3.60. The highest BCUT2D eigenvalue weighted by molar-refractivity contribution is 7.99. The maximum Gasteiger partial charge on any atom is 0.0963 e. The Morgan fingerprint density at radius 3 is 2.71 bits per heavy atom. The van der Waals surface area contributed by atoms with Gasteiger partial charge in [-0.05, 0) is 36.7 Å². The molecule has 0 bridgehead atoms. The molecule has 0 radical (unpaired) electrons. The van der Waals surface area contributed by atoms with Gasteiger partial charge in [0, 0.05) is 6.04 Å². The number of nitrogens with one attached hydrogen (secondary N) is 1. The van der Waals surface area contributed by atoms with Gasteiger partial charge in [0.2, 0.25) is 0 Å². The third-order valence-electron chi connectivity index (χ3n) is 2.17. The monoisotopic (exact) mass is 212 g/mol. The molecule has 0 amide bonds. The molecule has 3 heteroatoms. The topological polar surface area (TPSA) is 35.8 Å². The lowest BCUT2D eigenvalue weighted by atomic mass is 10.2. The molecule has 1 rings (SSSR count). The van der Waals surface area contributed by atoms with Crippen molar-refractivity contribution < 1.29 is 0 Å². The molecule has 1 saturated carbocycles. The van der Waals surface area contributed by atoms with Crippen LogP contribution in [0.15, 0.2) is 0 Å². The first-order valence-electron chi connectivity index (χ1n) is 5.45. The van der Waals surface area contributed by atoms with Gasteiger partial charge in [0.25, 0.3) is 0 Å². The standard InChI is InChI=1S/C11H20N2S/c1-9(2)8-14-6-5-11(7-12)13-10-3-4-10/h9-11,13H,3-6,8H2,1-2H3. The van der Waals surface area contributed by atoms with Crippen molar-refractivity contribution in [3.05, 3.63) is 0 Å². The third kappa shape index (κ3) is 5.51. The van der Waals surface area contributed by atoms with Crippen molar-refractivity contribution in [2.75, 3.05) is 11.5 Å². The summed E-state index contributed by atoms with van der Waals surface area (Å²) in [6.07, 6.45) is 3.51. The van der Waals surface area contributed by atoms with Crippen LogP contribution in [-0.2, 0) is 0 Å². The number of hydrogen-bond donors (Lipinski definition) is 1. The summed E-state index contributed by atoms with van der Waals surface area (Å²) in [7, 11) is 0. The first-order chi connectivity index (χ1) is 6.72. The van der Waals surface area contributed by atoms with E-state index in [1.165, 1.54) is 18.6 Å². The Morgan fingerprint density at radius 1 is 1.50 bits per heavy atom. The number of hydrogen-bond acceptors (Lipinski definition) is 3. The highest BCUT2D eigenvalue weighted by Gasteiger charge is 2.23. The molecule has 2 nitrogen and oxygen atoms in total. The fourth-order valence-corrected chi connectivity index (χ4v) is 2.28. The second-order valence-electron chi connectivity index (χ2n) is 4.38. The van der Waals surface area contributed by atoms with Crippen molar-refractivity contribution in [2.24, 2.45) is 5.92 Å². The van der Waals surface area contributed by atoms with E-state index in [1.807, 2.05) is 11.8 Å². The number of rotatable bonds is 7. The summed E-state index contributed by atoms with van der Waals surface area (Å²) in [4.78, 5) is 0. The summed E-state index contributed by atoms with van der Waals surface area (Å²) in [6, 6.07) is 3.07. The van der Waals surface area contributed by atoms with E-state index in [9.17, 15) is 0 Å². The molecule has 0 aromatic carbocycles. The molecule has 1 unspecified atom stereocenters. The zero-order valence-electron chi connectivity index (χ0n) is 9.12. The molecular formula is C11H20N2S. The average molecular weight is 212 g/mol. The van der Waals surface area contributed by atoms with E-state index in [2.05, 4.69) is 25.2 Å². The summed E-state index contributed by atoms with van der Waals surface area (Å²) in [5, 5.41) is 12.2. The van der Waals surface area contributed by atoms with Crippen LogP contribution in [0.4, 0.5) is 0 Å². The molecule has 0 spiro atoms. The summed E-state index contributed by atoms with van der Waals surface area (Å²) in [5.74, 6) is 3.08. The lowest BCUT2D eigenvalue weighted by Crippen LogP contribution is -2.30. The van der Waals surface area contributed by atoms with Gasteiger partial charge in [-0.25, -0.2) is 0 Å². The maximum atomic E-state index is 8.89.